The standard InChI is InChI=1S/C12H14N2O6S/c1-21(19,20)8-4-5-9(11(7-8)14(17)18)13-6-2-3-10(13)12(15)16/h4-5,7,10H,2-3,6H2,1H3,(H,15,16)/t10-/m1/s1. The van der Waals surface area contributed by atoms with Crippen LogP contribution in [0.25, 0.3) is 0 Å². The van der Waals surface area contributed by atoms with E-state index in [0.29, 0.717) is 19.4 Å². The van der Waals surface area contributed by atoms with Crippen molar-refractivity contribution in [2.75, 3.05) is 17.7 Å². The fourth-order valence-corrected chi connectivity index (χ4v) is 3.08. The first-order valence-corrected chi connectivity index (χ1v) is 8.09. The van der Waals surface area contributed by atoms with E-state index in [-0.39, 0.29) is 10.6 Å². The number of anilines is 1. The molecule has 1 atom stereocenters. The first-order valence-electron chi connectivity index (χ1n) is 6.20. The van der Waals surface area contributed by atoms with Crippen molar-refractivity contribution in [3.05, 3.63) is 28.3 Å². The number of nitro benzene ring substituents is 1. The molecule has 0 spiro atoms. The van der Waals surface area contributed by atoms with Gasteiger partial charge in [-0.05, 0) is 25.0 Å². The Bertz CT molecular complexity index is 700. The Balaban J connectivity index is 2.54. The number of sulfone groups is 1. The Morgan fingerprint density at radius 1 is 1.48 bits per heavy atom. The fraction of sp³-hybridized carbons (Fsp3) is 0.417. The highest BCUT2D eigenvalue weighted by molar-refractivity contribution is 7.90. The van der Waals surface area contributed by atoms with Crippen molar-refractivity contribution in [2.45, 2.75) is 23.8 Å². The third kappa shape index (κ3) is 2.97. The number of rotatable bonds is 4. The van der Waals surface area contributed by atoms with Crippen LogP contribution in [0.3, 0.4) is 0 Å². The van der Waals surface area contributed by atoms with Gasteiger partial charge in [0.15, 0.2) is 9.84 Å². The van der Waals surface area contributed by atoms with Gasteiger partial charge in [0.2, 0.25) is 0 Å². The van der Waals surface area contributed by atoms with Gasteiger partial charge >= 0.3 is 5.97 Å². The minimum Gasteiger partial charge on any atom is -0.480 e. The number of carbonyl (C=O) groups is 1. The van der Waals surface area contributed by atoms with Gasteiger partial charge in [-0.15, -0.1) is 0 Å². The molecule has 21 heavy (non-hydrogen) atoms. The van der Waals surface area contributed by atoms with E-state index < -0.39 is 32.5 Å². The number of benzene rings is 1. The monoisotopic (exact) mass is 314 g/mol. The van der Waals surface area contributed by atoms with Gasteiger partial charge in [0, 0.05) is 18.9 Å². The Morgan fingerprint density at radius 2 is 2.14 bits per heavy atom. The minimum absolute atomic E-state index is 0.136. The van der Waals surface area contributed by atoms with Crippen LogP contribution in [0, 0.1) is 10.1 Å². The highest BCUT2D eigenvalue weighted by Gasteiger charge is 2.34. The molecule has 0 aromatic heterocycles. The average molecular weight is 314 g/mol. The summed E-state index contributed by atoms with van der Waals surface area (Å²) in [5.41, 5.74) is -0.261. The molecule has 0 radical (unpaired) electrons. The summed E-state index contributed by atoms with van der Waals surface area (Å²) in [7, 11) is -3.57. The van der Waals surface area contributed by atoms with E-state index in [1.54, 1.807) is 0 Å². The zero-order valence-corrected chi connectivity index (χ0v) is 12.0. The summed E-state index contributed by atoms with van der Waals surface area (Å²) >= 11 is 0. The Labute approximate surface area is 121 Å². The maximum atomic E-state index is 11.5. The van der Waals surface area contributed by atoms with Crippen molar-refractivity contribution < 1.29 is 23.2 Å². The summed E-state index contributed by atoms with van der Waals surface area (Å²) < 4.78 is 23.0. The fourth-order valence-electron chi connectivity index (χ4n) is 2.43. The van der Waals surface area contributed by atoms with Crippen molar-refractivity contribution in [3.63, 3.8) is 0 Å². The minimum atomic E-state index is -3.57. The summed E-state index contributed by atoms with van der Waals surface area (Å²) in [6, 6.07) is 2.71. The van der Waals surface area contributed by atoms with Crippen molar-refractivity contribution in [1.29, 1.82) is 0 Å². The second-order valence-corrected chi connectivity index (χ2v) is 6.89. The van der Waals surface area contributed by atoms with Crippen LogP contribution in [0.15, 0.2) is 23.1 Å². The van der Waals surface area contributed by atoms with E-state index in [4.69, 9.17) is 5.11 Å². The van der Waals surface area contributed by atoms with Gasteiger partial charge in [-0.2, -0.15) is 0 Å². The van der Waals surface area contributed by atoms with Crippen molar-refractivity contribution in [3.8, 4) is 0 Å². The van der Waals surface area contributed by atoms with Crippen LogP contribution in [0.4, 0.5) is 11.4 Å². The molecule has 114 valence electrons. The highest BCUT2D eigenvalue weighted by Crippen LogP contribution is 2.35. The van der Waals surface area contributed by atoms with E-state index in [2.05, 4.69) is 0 Å². The van der Waals surface area contributed by atoms with Gasteiger partial charge in [-0.25, -0.2) is 13.2 Å². The first-order chi connectivity index (χ1) is 9.71. The topological polar surface area (TPSA) is 118 Å². The average Bonchev–Trinajstić information content (AvgIpc) is 2.85. The van der Waals surface area contributed by atoms with Gasteiger partial charge in [0.05, 0.1) is 9.82 Å². The SMILES string of the molecule is CS(=O)(=O)c1ccc(N2CCC[C@@H]2C(=O)O)c([N+](=O)[O-])c1. The summed E-state index contributed by atoms with van der Waals surface area (Å²) in [6.07, 6.45) is 1.98. The maximum absolute atomic E-state index is 11.5. The Hall–Kier alpha value is -2.16. The van der Waals surface area contributed by atoms with Crippen LogP contribution in [0.1, 0.15) is 12.8 Å². The number of carboxylic acid groups (broad SMARTS) is 1. The molecule has 1 saturated heterocycles. The summed E-state index contributed by atoms with van der Waals surface area (Å²) in [6.45, 7) is 0.385. The van der Waals surface area contributed by atoms with Gasteiger partial charge in [-0.1, -0.05) is 0 Å². The van der Waals surface area contributed by atoms with E-state index in [1.807, 2.05) is 0 Å². The number of nitro groups is 1. The Kier molecular flexibility index (Phi) is 3.86. The van der Waals surface area contributed by atoms with Gasteiger partial charge in [0.25, 0.3) is 5.69 Å². The molecular weight excluding hydrogens is 300 g/mol. The van der Waals surface area contributed by atoms with Crippen molar-refractivity contribution in [2.24, 2.45) is 0 Å². The molecule has 1 N–H and O–H groups in total. The molecular formula is C12H14N2O6S. The number of carboxylic acids is 1. The molecule has 1 aliphatic rings. The summed E-state index contributed by atoms with van der Waals surface area (Å²) in [4.78, 5) is 22.9. The maximum Gasteiger partial charge on any atom is 0.326 e. The van der Waals surface area contributed by atoms with Crippen molar-refractivity contribution >= 4 is 27.2 Å². The van der Waals surface area contributed by atoms with Crippen LogP contribution in [0.2, 0.25) is 0 Å². The van der Waals surface area contributed by atoms with E-state index in [9.17, 15) is 23.3 Å². The van der Waals surface area contributed by atoms with Crippen LogP contribution >= 0.6 is 0 Å². The lowest BCUT2D eigenvalue weighted by Gasteiger charge is -2.23. The molecule has 9 heteroatoms. The molecule has 1 fully saturated rings. The summed E-state index contributed by atoms with van der Waals surface area (Å²) in [5.74, 6) is -1.05. The molecule has 1 aliphatic heterocycles. The third-order valence-electron chi connectivity index (χ3n) is 3.42. The molecule has 0 amide bonds. The second kappa shape index (κ2) is 5.32. The van der Waals surface area contributed by atoms with Crippen molar-refractivity contribution in [1.82, 2.24) is 0 Å². The van der Waals surface area contributed by atoms with Gasteiger partial charge in [-0.3, -0.25) is 10.1 Å². The lowest BCUT2D eigenvalue weighted by atomic mass is 10.2. The molecule has 2 rings (SSSR count). The predicted molar refractivity (Wildman–Crippen MR) is 74.2 cm³/mol. The molecule has 1 aromatic carbocycles. The molecule has 1 aromatic rings. The van der Waals surface area contributed by atoms with Gasteiger partial charge < -0.3 is 10.0 Å². The van der Waals surface area contributed by atoms with Crippen LogP contribution in [-0.2, 0) is 14.6 Å². The normalized spacial score (nSPS) is 18.7. The molecule has 8 nitrogen and oxygen atoms in total. The predicted octanol–water partition coefficient (Wildman–Crippen LogP) is 1.05. The van der Waals surface area contributed by atoms with Gasteiger partial charge in [0.1, 0.15) is 11.7 Å². The number of hydrogen-bond acceptors (Lipinski definition) is 6. The molecule has 1 heterocycles. The Morgan fingerprint density at radius 3 is 2.67 bits per heavy atom. The summed E-state index contributed by atoms with van der Waals surface area (Å²) in [5, 5.41) is 20.3. The first kappa shape index (κ1) is 15.2. The zero-order valence-electron chi connectivity index (χ0n) is 11.2. The zero-order chi connectivity index (χ0) is 15.8. The lowest BCUT2D eigenvalue weighted by Crippen LogP contribution is -2.36. The van der Waals surface area contributed by atoms with E-state index in [1.165, 1.54) is 17.0 Å². The molecule has 0 saturated carbocycles. The molecule has 0 aliphatic carbocycles. The lowest BCUT2D eigenvalue weighted by molar-refractivity contribution is -0.384. The quantitative estimate of drug-likeness (QED) is 0.651. The van der Waals surface area contributed by atoms with Crippen LogP contribution < -0.4 is 4.90 Å². The van der Waals surface area contributed by atoms with E-state index >= 15 is 0 Å². The number of nitrogens with zero attached hydrogens (tertiary/aromatic N) is 2. The van der Waals surface area contributed by atoms with Crippen LogP contribution in [-0.4, -0.2) is 43.3 Å². The third-order valence-corrected chi connectivity index (χ3v) is 4.53. The second-order valence-electron chi connectivity index (χ2n) is 4.87. The number of aliphatic carboxylic acids is 1. The smallest absolute Gasteiger partial charge is 0.326 e. The molecule has 0 unspecified atom stereocenters. The highest BCUT2D eigenvalue weighted by atomic mass is 32.2. The van der Waals surface area contributed by atoms with E-state index in [0.717, 1.165) is 12.3 Å². The molecule has 0 bridgehead atoms. The van der Waals surface area contributed by atoms with Crippen LogP contribution in [0.5, 0.6) is 0 Å². The largest absolute Gasteiger partial charge is 0.480 e. The number of hydrogen-bond donors (Lipinski definition) is 1.